The van der Waals surface area contributed by atoms with Gasteiger partial charge in [-0.3, -0.25) is 9.59 Å². The number of amides is 2. The molecule has 0 aliphatic heterocycles. The van der Waals surface area contributed by atoms with Crippen molar-refractivity contribution in [2.24, 2.45) is 0 Å². The number of halogens is 1. The molecule has 2 aromatic rings. The molecule has 0 saturated carbocycles. The van der Waals surface area contributed by atoms with Crippen LogP contribution in [-0.4, -0.2) is 18.4 Å². The first-order valence-electron chi connectivity index (χ1n) is 7.70. The highest BCUT2D eigenvalue weighted by atomic mass is 19.1. The summed E-state index contributed by atoms with van der Waals surface area (Å²) in [5.41, 5.74) is 1.94. The van der Waals surface area contributed by atoms with Gasteiger partial charge in [-0.25, -0.2) is 4.39 Å². The lowest BCUT2D eigenvalue weighted by Crippen LogP contribution is -2.33. The maximum Gasteiger partial charge on any atom is 0.251 e. The Kier molecular flexibility index (Phi) is 5.34. The van der Waals surface area contributed by atoms with E-state index in [4.69, 9.17) is 0 Å². The average molecular weight is 328 g/mol. The molecule has 0 heterocycles. The summed E-state index contributed by atoms with van der Waals surface area (Å²) >= 11 is 0. The number of hydrogen-bond donors (Lipinski definition) is 2. The lowest BCUT2D eigenvalue weighted by Gasteiger charge is -2.23. The molecule has 5 heteroatoms. The third kappa shape index (κ3) is 4.65. The summed E-state index contributed by atoms with van der Waals surface area (Å²) in [6.45, 7) is 6.03. The van der Waals surface area contributed by atoms with Crippen LogP contribution in [0.2, 0.25) is 0 Å². The van der Waals surface area contributed by atoms with Gasteiger partial charge in [-0.1, -0.05) is 39.0 Å². The smallest absolute Gasteiger partial charge is 0.251 e. The molecule has 0 fully saturated rings. The highest BCUT2D eigenvalue weighted by Gasteiger charge is 2.18. The minimum Gasteiger partial charge on any atom is -0.343 e. The monoisotopic (exact) mass is 328 g/mol. The molecule has 2 aromatic carbocycles. The molecular weight excluding hydrogens is 307 g/mol. The van der Waals surface area contributed by atoms with Gasteiger partial charge in [-0.15, -0.1) is 0 Å². The predicted octanol–water partition coefficient (Wildman–Crippen LogP) is 3.49. The number of nitrogens with one attached hydrogen (secondary N) is 2. The number of rotatable bonds is 4. The standard InChI is InChI=1S/C19H21FN2O2/c1-19(2,3)15-6-4-5-7-16(15)22-17(23)12-21-18(24)13-8-10-14(20)11-9-13/h4-11H,12H2,1-3H3,(H,21,24)(H,22,23). The molecule has 0 aliphatic rings. The second-order valence-electron chi connectivity index (χ2n) is 6.53. The largest absolute Gasteiger partial charge is 0.343 e. The molecule has 0 unspecified atom stereocenters. The van der Waals surface area contributed by atoms with E-state index in [9.17, 15) is 14.0 Å². The van der Waals surface area contributed by atoms with Crippen molar-refractivity contribution < 1.29 is 14.0 Å². The van der Waals surface area contributed by atoms with Crippen LogP contribution in [0.25, 0.3) is 0 Å². The maximum absolute atomic E-state index is 12.8. The van der Waals surface area contributed by atoms with Crippen LogP contribution in [0.5, 0.6) is 0 Å². The molecular formula is C19H21FN2O2. The van der Waals surface area contributed by atoms with Gasteiger partial charge in [0.1, 0.15) is 5.82 Å². The minimum atomic E-state index is -0.422. The Bertz CT molecular complexity index is 734. The van der Waals surface area contributed by atoms with Crippen molar-refractivity contribution in [2.75, 3.05) is 11.9 Å². The molecule has 2 amide bonds. The fraction of sp³-hybridized carbons (Fsp3) is 0.263. The van der Waals surface area contributed by atoms with Gasteiger partial charge in [0.15, 0.2) is 0 Å². The van der Waals surface area contributed by atoms with Gasteiger partial charge in [0, 0.05) is 11.3 Å². The zero-order valence-electron chi connectivity index (χ0n) is 14.0. The van der Waals surface area contributed by atoms with E-state index >= 15 is 0 Å². The summed E-state index contributed by atoms with van der Waals surface area (Å²) in [6.07, 6.45) is 0. The van der Waals surface area contributed by atoms with Gasteiger partial charge in [0.25, 0.3) is 5.91 Å². The second-order valence-corrected chi connectivity index (χ2v) is 6.53. The quantitative estimate of drug-likeness (QED) is 0.902. The lowest BCUT2D eigenvalue weighted by molar-refractivity contribution is -0.115. The van der Waals surface area contributed by atoms with Gasteiger partial charge in [-0.2, -0.15) is 0 Å². The van der Waals surface area contributed by atoms with Crippen LogP contribution in [0.15, 0.2) is 48.5 Å². The molecule has 0 bridgehead atoms. The number of para-hydroxylation sites is 1. The van der Waals surface area contributed by atoms with Crippen molar-refractivity contribution in [1.29, 1.82) is 0 Å². The molecule has 24 heavy (non-hydrogen) atoms. The van der Waals surface area contributed by atoms with Crippen LogP contribution in [-0.2, 0) is 10.2 Å². The van der Waals surface area contributed by atoms with E-state index in [1.54, 1.807) is 0 Å². The van der Waals surface area contributed by atoms with E-state index in [2.05, 4.69) is 31.4 Å². The molecule has 0 saturated heterocycles. The summed E-state index contributed by atoms with van der Waals surface area (Å²) in [5, 5.41) is 5.34. The van der Waals surface area contributed by atoms with E-state index in [0.29, 0.717) is 5.56 Å². The highest BCUT2D eigenvalue weighted by Crippen LogP contribution is 2.29. The third-order valence-corrected chi connectivity index (χ3v) is 3.53. The molecule has 0 atom stereocenters. The van der Waals surface area contributed by atoms with Crippen molar-refractivity contribution >= 4 is 17.5 Å². The SMILES string of the molecule is CC(C)(C)c1ccccc1NC(=O)CNC(=O)c1ccc(F)cc1. The molecule has 0 aliphatic carbocycles. The number of hydrogen-bond acceptors (Lipinski definition) is 2. The lowest BCUT2D eigenvalue weighted by atomic mass is 9.86. The van der Waals surface area contributed by atoms with Crippen LogP contribution in [0.1, 0.15) is 36.7 Å². The summed E-state index contributed by atoms with van der Waals surface area (Å²) in [7, 11) is 0. The fourth-order valence-electron chi connectivity index (χ4n) is 2.30. The van der Waals surface area contributed by atoms with Gasteiger partial charge >= 0.3 is 0 Å². The second kappa shape index (κ2) is 7.25. The Balaban J connectivity index is 1.97. The van der Waals surface area contributed by atoms with Crippen molar-refractivity contribution in [3.63, 3.8) is 0 Å². The molecule has 0 spiro atoms. The van der Waals surface area contributed by atoms with Gasteiger partial charge < -0.3 is 10.6 Å². The Morgan fingerprint density at radius 2 is 1.62 bits per heavy atom. The van der Waals surface area contributed by atoms with Crippen molar-refractivity contribution in [3.8, 4) is 0 Å². The van der Waals surface area contributed by atoms with Crippen LogP contribution in [0, 0.1) is 5.82 Å². The zero-order valence-corrected chi connectivity index (χ0v) is 14.0. The maximum atomic E-state index is 12.8. The first-order chi connectivity index (χ1) is 11.3. The van der Waals surface area contributed by atoms with Crippen LogP contribution >= 0.6 is 0 Å². The summed E-state index contributed by atoms with van der Waals surface area (Å²) in [4.78, 5) is 24.0. The molecule has 4 nitrogen and oxygen atoms in total. The van der Waals surface area contributed by atoms with E-state index in [1.807, 2.05) is 24.3 Å². The van der Waals surface area contributed by atoms with Crippen molar-refractivity contribution in [1.82, 2.24) is 5.32 Å². The van der Waals surface area contributed by atoms with E-state index < -0.39 is 11.7 Å². The first-order valence-corrected chi connectivity index (χ1v) is 7.70. The summed E-state index contributed by atoms with van der Waals surface area (Å²) < 4.78 is 12.8. The predicted molar refractivity (Wildman–Crippen MR) is 92.5 cm³/mol. The van der Waals surface area contributed by atoms with Crippen LogP contribution < -0.4 is 10.6 Å². The normalized spacial score (nSPS) is 11.0. The number of carbonyl (C=O) groups is 2. The van der Waals surface area contributed by atoms with Crippen LogP contribution in [0.3, 0.4) is 0 Å². The topological polar surface area (TPSA) is 58.2 Å². The Morgan fingerprint density at radius 1 is 1.00 bits per heavy atom. The summed E-state index contributed by atoms with van der Waals surface area (Å²) in [5.74, 6) is -1.15. The molecule has 2 N–H and O–H groups in total. The highest BCUT2D eigenvalue weighted by molar-refractivity contribution is 5.99. The van der Waals surface area contributed by atoms with E-state index in [1.165, 1.54) is 24.3 Å². The van der Waals surface area contributed by atoms with Crippen molar-refractivity contribution in [2.45, 2.75) is 26.2 Å². The zero-order chi connectivity index (χ0) is 17.7. The number of anilines is 1. The Labute approximate surface area is 141 Å². The third-order valence-electron chi connectivity index (χ3n) is 3.53. The van der Waals surface area contributed by atoms with Gasteiger partial charge in [0.2, 0.25) is 5.91 Å². The average Bonchev–Trinajstić information content (AvgIpc) is 2.53. The van der Waals surface area contributed by atoms with Crippen LogP contribution in [0.4, 0.5) is 10.1 Å². The molecule has 0 radical (unpaired) electrons. The molecule has 126 valence electrons. The van der Waals surface area contributed by atoms with Crippen molar-refractivity contribution in [3.05, 3.63) is 65.5 Å². The first kappa shape index (κ1) is 17.7. The fourth-order valence-corrected chi connectivity index (χ4v) is 2.30. The van der Waals surface area contributed by atoms with Gasteiger partial charge in [0.05, 0.1) is 6.54 Å². The van der Waals surface area contributed by atoms with E-state index in [-0.39, 0.29) is 17.9 Å². The number of benzene rings is 2. The Morgan fingerprint density at radius 3 is 2.25 bits per heavy atom. The van der Waals surface area contributed by atoms with Gasteiger partial charge in [-0.05, 0) is 41.3 Å². The molecule has 2 rings (SSSR count). The van der Waals surface area contributed by atoms with E-state index in [0.717, 1.165) is 11.3 Å². The Hall–Kier alpha value is -2.69. The minimum absolute atomic E-state index is 0.110. The number of carbonyl (C=O) groups excluding carboxylic acids is 2. The molecule has 0 aromatic heterocycles. The summed E-state index contributed by atoms with van der Waals surface area (Å²) in [6, 6.07) is 12.7.